The lowest BCUT2D eigenvalue weighted by Gasteiger charge is -2.26. The van der Waals surface area contributed by atoms with Gasteiger partial charge in [-0.3, -0.25) is 4.68 Å². The molecule has 1 aliphatic heterocycles. The van der Waals surface area contributed by atoms with Gasteiger partial charge in [-0.25, -0.2) is 0 Å². The van der Waals surface area contributed by atoms with Crippen molar-refractivity contribution in [1.82, 2.24) is 9.78 Å². The molecule has 2 atom stereocenters. The van der Waals surface area contributed by atoms with Gasteiger partial charge < -0.3 is 5.11 Å². The second-order valence-corrected chi connectivity index (χ2v) is 5.61. The normalized spacial score (nSPS) is 24.1. The number of hydrogen-bond donors (Lipinski definition) is 1. The van der Waals surface area contributed by atoms with Crippen LogP contribution in [0.2, 0.25) is 5.02 Å². The Morgan fingerprint density at radius 3 is 3.00 bits per heavy atom. The van der Waals surface area contributed by atoms with Gasteiger partial charge in [0.05, 0.1) is 16.9 Å². The van der Waals surface area contributed by atoms with E-state index in [9.17, 15) is 5.11 Å². The average Bonchev–Trinajstić information content (AvgIpc) is 2.59. The van der Waals surface area contributed by atoms with Crippen molar-refractivity contribution in [3.05, 3.63) is 16.9 Å². The van der Waals surface area contributed by atoms with Crippen LogP contribution >= 0.6 is 23.4 Å². The molecule has 15 heavy (non-hydrogen) atoms. The number of thioether (sulfide) groups is 1. The molecule has 0 radical (unpaired) electrons. The summed E-state index contributed by atoms with van der Waals surface area (Å²) >= 11 is 7.84. The maximum absolute atomic E-state index is 10.2. The number of hydrogen-bond acceptors (Lipinski definition) is 3. The Labute approximate surface area is 98.8 Å². The van der Waals surface area contributed by atoms with Crippen molar-refractivity contribution in [3.8, 4) is 0 Å². The molecule has 1 aliphatic rings. The number of aryl methyl sites for hydroxylation is 1. The summed E-state index contributed by atoms with van der Waals surface area (Å²) in [6.45, 7) is 0. The largest absolute Gasteiger partial charge is 0.386 e. The van der Waals surface area contributed by atoms with Crippen molar-refractivity contribution in [2.24, 2.45) is 7.05 Å². The Morgan fingerprint density at radius 1 is 1.67 bits per heavy atom. The molecule has 0 spiro atoms. The number of aromatic nitrogens is 2. The van der Waals surface area contributed by atoms with Gasteiger partial charge >= 0.3 is 0 Å². The van der Waals surface area contributed by atoms with E-state index in [0.29, 0.717) is 5.02 Å². The predicted molar refractivity (Wildman–Crippen MR) is 63.3 cm³/mol. The molecule has 84 valence electrons. The second-order valence-electron chi connectivity index (χ2n) is 3.85. The van der Waals surface area contributed by atoms with Crippen LogP contribution in [0.4, 0.5) is 0 Å². The zero-order chi connectivity index (χ0) is 10.8. The molecular formula is C10H15ClN2OS. The number of aliphatic hydroxyl groups is 1. The summed E-state index contributed by atoms with van der Waals surface area (Å²) in [6.07, 6.45) is 4.62. The highest BCUT2D eigenvalue weighted by Gasteiger charge is 2.27. The lowest BCUT2D eigenvalue weighted by molar-refractivity contribution is 0.159. The van der Waals surface area contributed by atoms with Crippen LogP contribution in [0.25, 0.3) is 0 Å². The molecule has 5 heteroatoms. The first-order valence-corrected chi connectivity index (χ1v) is 6.60. The highest BCUT2D eigenvalue weighted by atomic mass is 35.5. The minimum absolute atomic E-state index is 0.270. The highest BCUT2D eigenvalue weighted by molar-refractivity contribution is 7.99. The van der Waals surface area contributed by atoms with Crippen LogP contribution in [0.3, 0.4) is 0 Å². The quantitative estimate of drug-likeness (QED) is 0.871. The molecule has 1 fully saturated rings. The van der Waals surface area contributed by atoms with E-state index in [1.54, 1.807) is 10.9 Å². The molecule has 0 saturated carbocycles. The van der Waals surface area contributed by atoms with Crippen LogP contribution in [0.5, 0.6) is 0 Å². The van der Waals surface area contributed by atoms with Gasteiger partial charge in [0, 0.05) is 12.3 Å². The van der Waals surface area contributed by atoms with E-state index in [0.717, 1.165) is 17.9 Å². The summed E-state index contributed by atoms with van der Waals surface area (Å²) in [7, 11) is 1.82. The third-order valence-corrected chi connectivity index (χ3v) is 4.52. The molecule has 0 amide bonds. The molecule has 0 bridgehead atoms. The zero-order valence-electron chi connectivity index (χ0n) is 8.69. The third kappa shape index (κ3) is 2.32. The first-order chi connectivity index (χ1) is 7.20. The number of nitrogens with zero attached hydrogens (tertiary/aromatic N) is 2. The SMILES string of the molecule is Cn1ncc(Cl)c1C(O)C1CCCCS1. The molecule has 3 nitrogen and oxygen atoms in total. The first kappa shape index (κ1) is 11.3. The minimum Gasteiger partial charge on any atom is -0.386 e. The van der Waals surface area contributed by atoms with E-state index in [-0.39, 0.29) is 5.25 Å². The molecule has 0 aromatic carbocycles. The number of rotatable bonds is 2. The van der Waals surface area contributed by atoms with Crippen molar-refractivity contribution < 1.29 is 5.11 Å². The van der Waals surface area contributed by atoms with E-state index in [4.69, 9.17) is 11.6 Å². The Morgan fingerprint density at radius 2 is 2.47 bits per heavy atom. The first-order valence-electron chi connectivity index (χ1n) is 5.17. The van der Waals surface area contributed by atoms with Crippen molar-refractivity contribution in [1.29, 1.82) is 0 Å². The van der Waals surface area contributed by atoms with Crippen LogP contribution in [0.1, 0.15) is 31.1 Å². The van der Waals surface area contributed by atoms with Gasteiger partial charge in [0.1, 0.15) is 6.10 Å². The molecule has 2 rings (SSSR count). The summed E-state index contributed by atoms with van der Waals surface area (Å²) in [6, 6.07) is 0. The molecule has 2 heterocycles. The van der Waals surface area contributed by atoms with Crippen molar-refractivity contribution in [2.45, 2.75) is 30.6 Å². The fourth-order valence-corrected chi connectivity index (χ4v) is 3.54. The average molecular weight is 247 g/mol. The Bertz CT molecular complexity index is 317. The lowest BCUT2D eigenvalue weighted by Crippen LogP contribution is -2.21. The minimum atomic E-state index is -0.490. The van der Waals surface area contributed by atoms with Crippen LogP contribution in [-0.4, -0.2) is 25.9 Å². The number of aliphatic hydroxyl groups excluding tert-OH is 1. The van der Waals surface area contributed by atoms with Crippen LogP contribution in [-0.2, 0) is 7.05 Å². The van der Waals surface area contributed by atoms with Gasteiger partial charge in [-0.05, 0) is 18.6 Å². The summed E-state index contributed by atoms with van der Waals surface area (Å²) in [5.41, 5.74) is 0.746. The predicted octanol–water partition coefficient (Wildman–Crippen LogP) is 2.39. The molecular weight excluding hydrogens is 232 g/mol. The smallest absolute Gasteiger partial charge is 0.109 e. The Balaban J connectivity index is 2.15. The van der Waals surface area contributed by atoms with Crippen molar-refractivity contribution in [3.63, 3.8) is 0 Å². The molecule has 1 saturated heterocycles. The summed E-state index contributed by atoms with van der Waals surface area (Å²) in [5, 5.41) is 15.1. The molecule has 1 aromatic rings. The van der Waals surface area contributed by atoms with Gasteiger partial charge in [0.2, 0.25) is 0 Å². The standard InChI is InChI=1S/C10H15ClN2OS/c1-13-9(7(11)6-12-13)10(14)8-4-2-3-5-15-8/h6,8,10,14H,2-5H2,1H3. The van der Waals surface area contributed by atoms with Gasteiger partial charge in [0.25, 0.3) is 0 Å². The van der Waals surface area contributed by atoms with Crippen molar-refractivity contribution in [2.75, 3.05) is 5.75 Å². The lowest BCUT2D eigenvalue weighted by atomic mass is 10.1. The topological polar surface area (TPSA) is 38.0 Å². The van der Waals surface area contributed by atoms with Gasteiger partial charge in [-0.15, -0.1) is 0 Å². The molecule has 0 aliphatic carbocycles. The van der Waals surface area contributed by atoms with Crippen LogP contribution in [0.15, 0.2) is 6.20 Å². The van der Waals surface area contributed by atoms with E-state index < -0.39 is 6.10 Å². The fourth-order valence-electron chi connectivity index (χ4n) is 1.94. The summed E-state index contributed by atoms with van der Waals surface area (Å²) in [4.78, 5) is 0. The highest BCUT2D eigenvalue weighted by Crippen LogP contribution is 2.36. The van der Waals surface area contributed by atoms with E-state index in [1.807, 2.05) is 18.8 Å². The monoisotopic (exact) mass is 246 g/mol. The third-order valence-electron chi connectivity index (χ3n) is 2.78. The maximum atomic E-state index is 10.2. The maximum Gasteiger partial charge on any atom is 0.109 e. The van der Waals surface area contributed by atoms with E-state index in [1.165, 1.54) is 12.8 Å². The van der Waals surface area contributed by atoms with Crippen LogP contribution < -0.4 is 0 Å². The molecule has 1 N–H and O–H groups in total. The summed E-state index contributed by atoms with van der Waals surface area (Å²) in [5.74, 6) is 1.14. The molecule has 1 aromatic heterocycles. The summed E-state index contributed by atoms with van der Waals surface area (Å²) < 4.78 is 1.67. The van der Waals surface area contributed by atoms with E-state index >= 15 is 0 Å². The molecule has 2 unspecified atom stereocenters. The second kappa shape index (κ2) is 4.76. The zero-order valence-corrected chi connectivity index (χ0v) is 10.3. The van der Waals surface area contributed by atoms with Gasteiger partial charge in [-0.2, -0.15) is 16.9 Å². The fraction of sp³-hybridized carbons (Fsp3) is 0.700. The van der Waals surface area contributed by atoms with Gasteiger partial charge in [-0.1, -0.05) is 18.0 Å². The van der Waals surface area contributed by atoms with E-state index in [2.05, 4.69) is 5.10 Å². The van der Waals surface area contributed by atoms with Crippen molar-refractivity contribution >= 4 is 23.4 Å². The van der Waals surface area contributed by atoms with Gasteiger partial charge in [0.15, 0.2) is 0 Å². The Hall–Kier alpha value is -0.190. The number of halogens is 1. The Kier molecular flexibility index (Phi) is 3.59. The van der Waals surface area contributed by atoms with Crippen LogP contribution in [0, 0.1) is 0 Å².